The standard InChI is InChI=1S/C32H26FN3O3.C17H16FN3O/c1-2-27(30-34-28-18-10-17-26(33)29(28)31(37)36(30)20-11-4-3-5-12-20)35-32(38)39-19-25-23-15-8-6-13-21(23)22-14-7-9-16-24(22)25;1-2-13(19)16-20-14-10-6-9-12(18)15(14)17(22)21(16)11-7-4-3-5-8-11/h3-18,25,27H,2,19H2,1H3,(H,35,38);3-10,13H,2,19H2,1H3/t27-;13-/m01/s1. The normalized spacial score (nSPS) is 12.9. The molecule has 1 aliphatic carbocycles. The van der Waals surface area contributed by atoms with Crippen LogP contribution in [0.4, 0.5) is 13.6 Å². The van der Waals surface area contributed by atoms with Crippen LogP contribution in [0.25, 0.3) is 44.3 Å². The van der Waals surface area contributed by atoms with Gasteiger partial charge in [-0.1, -0.05) is 111 Å². The highest BCUT2D eigenvalue weighted by molar-refractivity contribution is 5.81. The summed E-state index contributed by atoms with van der Waals surface area (Å²) in [5.74, 6) is -0.542. The van der Waals surface area contributed by atoms with Gasteiger partial charge in [-0.3, -0.25) is 18.7 Å². The van der Waals surface area contributed by atoms with Gasteiger partial charge >= 0.3 is 6.09 Å². The Hall–Kier alpha value is -7.31. The van der Waals surface area contributed by atoms with E-state index in [0.717, 1.165) is 22.3 Å². The van der Waals surface area contributed by atoms with Crippen molar-refractivity contribution in [3.8, 4) is 22.5 Å². The number of nitrogens with zero attached hydrogens (tertiary/aromatic N) is 4. The summed E-state index contributed by atoms with van der Waals surface area (Å²) in [6.07, 6.45) is 0.446. The van der Waals surface area contributed by atoms with Crippen LogP contribution in [-0.4, -0.2) is 31.8 Å². The molecule has 0 saturated carbocycles. The molecule has 0 radical (unpaired) electrons. The Morgan fingerprint density at radius 2 is 1.10 bits per heavy atom. The number of carbonyl (C=O) groups is 1. The van der Waals surface area contributed by atoms with E-state index in [2.05, 4.69) is 39.6 Å². The van der Waals surface area contributed by atoms with Crippen LogP contribution in [0.15, 0.2) is 155 Å². The van der Waals surface area contributed by atoms with Crippen molar-refractivity contribution in [1.82, 2.24) is 24.4 Å². The van der Waals surface area contributed by atoms with Crippen LogP contribution in [0.2, 0.25) is 0 Å². The average Bonchev–Trinajstić information content (AvgIpc) is 3.61. The van der Waals surface area contributed by atoms with Crippen LogP contribution >= 0.6 is 0 Å². The minimum Gasteiger partial charge on any atom is -0.449 e. The van der Waals surface area contributed by atoms with Crippen LogP contribution in [0.5, 0.6) is 0 Å². The fraction of sp³-hybridized carbons (Fsp3) is 0.163. The zero-order chi connectivity index (χ0) is 42.6. The number of alkyl carbamates (subject to hydrolysis) is 1. The predicted octanol–water partition coefficient (Wildman–Crippen LogP) is 9.45. The van der Waals surface area contributed by atoms with Gasteiger partial charge in [-0.05, 0) is 83.6 Å². The second-order valence-electron chi connectivity index (χ2n) is 14.6. The van der Waals surface area contributed by atoms with Crippen LogP contribution in [0.1, 0.15) is 67.5 Å². The molecule has 0 saturated heterocycles. The van der Waals surface area contributed by atoms with E-state index >= 15 is 0 Å². The Bertz CT molecular complexity index is 2970. The summed E-state index contributed by atoms with van der Waals surface area (Å²) in [6, 6.07) is 41.9. The third-order valence-electron chi connectivity index (χ3n) is 10.9. The Morgan fingerprint density at radius 3 is 1.59 bits per heavy atom. The van der Waals surface area contributed by atoms with Crippen LogP contribution < -0.4 is 22.2 Å². The van der Waals surface area contributed by atoms with E-state index < -0.39 is 40.9 Å². The number of nitrogens with one attached hydrogen (secondary N) is 1. The molecule has 12 heteroatoms. The molecule has 10 nitrogen and oxygen atoms in total. The molecule has 1 aliphatic rings. The SMILES string of the molecule is CC[C@@H](N)c1nc2cccc(F)c2c(=O)n1-c1ccccc1.CC[C@H](NC(=O)OCC1c2ccccc2-c2ccccc21)c1nc2cccc(F)c2c(=O)n1-c1ccccc1. The van der Waals surface area contributed by atoms with Gasteiger partial charge < -0.3 is 15.8 Å². The maximum atomic E-state index is 14.7. The number of para-hydroxylation sites is 2. The molecule has 6 aromatic carbocycles. The highest BCUT2D eigenvalue weighted by atomic mass is 19.1. The number of nitrogens with two attached hydrogens (primary N) is 1. The van der Waals surface area contributed by atoms with Crippen molar-refractivity contribution in [2.45, 2.75) is 44.7 Å². The van der Waals surface area contributed by atoms with Crippen molar-refractivity contribution in [3.05, 3.63) is 201 Å². The smallest absolute Gasteiger partial charge is 0.407 e. The molecule has 2 heterocycles. The van der Waals surface area contributed by atoms with Gasteiger partial charge in [0.15, 0.2) is 0 Å². The van der Waals surface area contributed by atoms with E-state index in [4.69, 9.17) is 10.5 Å². The lowest BCUT2D eigenvalue weighted by molar-refractivity contribution is 0.138. The number of carbonyl (C=O) groups excluding carboxylic acids is 1. The first-order valence-electron chi connectivity index (χ1n) is 20.1. The first-order valence-corrected chi connectivity index (χ1v) is 20.1. The molecule has 61 heavy (non-hydrogen) atoms. The van der Waals surface area contributed by atoms with E-state index in [1.807, 2.05) is 62.4 Å². The number of hydrogen-bond donors (Lipinski definition) is 2. The minimum absolute atomic E-state index is 0.0154. The van der Waals surface area contributed by atoms with E-state index in [1.165, 1.54) is 33.4 Å². The van der Waals surface area contributed by atoms with Crippen molar-refractivity contribution in [3.63, 3.8) is 0 Å². The largest absolute Gasteiger partial charge is 0.449 e. The van der Waals surface area contributed by atoms with Crippen LogP contribution in [-0.2, 0) is 4.74 Å². The predicted molar refractivity (Wildman–Crippen MR) is 233 cm³/mol. The number of amides is 1. The van der Waals surface area contributed by atoms with Gasteiger partial charge in [0.25, 0.3) is 11.1 Å². The molecule has 0 aliphatic heterocycles. The van der Waals surface area contributed by atoms with Gasteiger partial charge in [0, 0.05) is 5.92 Å². The maximum absolute atomic E-state index is 14.7. The molecule has 0 spiro atoms. The first kappa shape index (κ1) is 40.5. The molecule has 2 atom stereocenters. The quantitative estimate of drug-likeness (QED) is 0.148. The highest BCUT2D eigenvalue weighted by Crippen LogP contribution is 2.44. The topological polar surface area (TPSA) is 134 Å². The Labute approximate surface area is 349 Å². The molecule has 0 bridgehead atoms. The summed E-state index contributed by atoms with van der Waals surface area (Å²) < 4.78 is 37.3. The second kappa shape index (κ2) is 17.5. The van der Waals surface area contributed by atoms with Gasteiger partial charge in [0.2, 0.25) is 0 Å². The molecule has 306 valence electrons. The van der Waals surface area contributed by atoms with Crippen molar-refractivity contribution < 1.29 is 18.3 Å². The summed E-state index contributed by atoms with van der Waals surface area (Å²) in [4.78, 5) is 48.6. The molecule has 8 aromatic rings. The van der Waals surface area contributed by atoms with Gasteiger partial charge in [-0.25, -0.2) is 23.5 Å². The zero-order valence-corrected chi connectivity index (χ0v) is 33.5. The van der Waals surface area contributed by atoms with E-state index in [-0.39, 0.29) is 28.8 Å². The number of aromatic nitrogens is 4. The summed E-state index contributed by atoms with van der Waals surface area (Å²) in [6.45, 7) is 3.96. The van der Waals surface area contributed by atoms with E-state index in [9.17, 15) is 23.2 Å². The van der Waals surface area contributed by atoms with Gasteiger partial charge in [-0.2, -0.15) is 0 Å². The van der Waals surface area contributed by atoms with Gasteiger partial charge in [-0.15, -0.1) is 0 Å². The van der Waals surface area contributed by atoms with Crippen molar-refractivity contribution >= 4 is 27.9 Å². The number of rotatable bonds is 9. The minimum atomic E-state index is -0.652. The summed E-state index contributed by atoms with van der Waals surface area (Å²) in [5.41, 5.74) is 11.4. The Balaban J connectivity index is 0.000000198. The molecule has 2 aromatic heterocycles. The van der Waals surface area contributed by atoms with Crippen LogP contribution in [0, 0.1) is 11.6 Å². The van der Waals surface area contributed by atoms with Crippen molar-refractivity contribution in [1.29, 1.82) is 0 Å². The number of hydrogen-bond acceptors (Lipinski definition) is 7. The van der Waals surface area contributed by atoms with Gasteiger partial charge in [0.05, 0.1) is 34.5 Å². The number of ether oxygens (including phenoxy) is 1. The molecule has 3 N–H and O–H groups in total. The van der Waals surface area contributed by atoms with Crippen LogP contribution in [0.3, 0.4) is 0 Å². The lowest BCUT2D eigenvalue weighted by Gasteiger charge is -2.22. The third-order valence-corrected chi connectivity index (χ3v) is 10.9. The molecule has 0 unspecified atom stereocenters. The van der Waals surface area contributed by atoms with E-state index in [0.29, 0.717) is 41.4 Å². The molecule has 0 fully saturated rings. The van der Waals surface area contributed by atoms with E-state index in [1.54, 1.807) is 48.5 Å². The lowest BCUT2D eigenvalue weighted by atomic mass is 9.98. The third kappa shape index (κ3) is 7.81. The Kier molecular flexibility index (Phi) is 11.6. The summed E-state index contributed by atoms with van der Waals surface area (Å²) >= 11 is 0. The molecular formula is C49H42F2N6O4. The van der Waals surface area contributed by atoms with Gasteiger partial charge in [0.1, 0.15) is 40.7 Å². The fourth-order valence-electron chi connectivity index (χ4n) is 7.86. The summed E-state index contributed by atoms with van der Waals surface area (Å²) in [5, 5.41) is 2.78. The summed E-state index contributed by atoms with van der Waals surface area (Å²) in [7, 11) is 0. The highest BCUT2D eigenvalue weighted by Gasteiger charge is 2.30. The zero-order valence-electron chi connectivity index (χ0n) is 33.5. The second-order valence-corrected chi connectivity index (χ2v) is 14.6. The monoisotopic (exact) mass is 816 g/mol. The average molecular weight is 817 g/mol. The molecular weight excluding hydrogens is 775 g/mol. The van der Waals surface area contributed by atoms with Crippen molar-refractivity contribution in [2.75, 3.05) is 6.61 Å². The molecule has 9 rings (SSSR count). The first-order chi connectivity index (χ1) is 29.7. The Morgan fingerprint density at radius 1 is 0.639 bits per heavy atom. The molecule has 1 amide bonds. The lowest BCUT2D eigenvalue weighted by Crippen LogP contribution is -2.35. The number of halogens is 2. The fourth-order valence-corrected chi connectivity index (χ4v) is 7.86. The van der Waals surface area contributed by atoms with Crippen molar-refractivity contribution in [2.24, 2.45) is 5.73 Å². The number of fused-ring (bicyclic) bond motifs is 5. The maximum Gasteiger partial charge on any atom is 0.407 e. The number of benzene rings is 6.